The third-order valence-electron chi connectivity index (χ3n) is 0.638. The highest BCUT2D eigenvalue weighted by atomic mass is 32.1. The second-order valence-electron chi connectivity index (χ2n) is 1.13. The summed E-state index contributed by atoms with van der Waals surface area (Å²) in [6.45, 7) is 0. The maximum Gasteiger partial charge on any atom is 0.286 e. The van der Waals surface area contributed by atoms with Crippen molar-refractivity contribution in [2.75, 3.05) is 0 Å². The van der Waals surface area contributed by atoms with E-state index in [1.54, 1.807) is 7.05 Å². The van der Waals surface area contributed by atoms with E-state index in [0.717, 1.165) is 0 Å². The van der Waals surface area contributed by atoms with Gasteiger partial charge < -0.3 is 4.42 Å². The summed E-state index contributed by atoms with van der Waals surface area (Å²) in [5.41, 5.74) is 0. The Morgan fingerprint density at radius 2 is 2.71 bits per heavy atom. The highest BCUT2D eigenvalue weighted by molar-refractivity contribution is 7.71. The van der Waals surface area contributed by atoms with Crippen LogP contribution in [0.1, 0.15) is 0 Å². The standard InChI is InChI=1S/C3H4N2OS/c1-5-3(7)6-2-4-5/h2H,1H3. The Balaban J connectivity index is 3.39. The zero-order chi connectivity index (χ0) is 5.28. The van der Waals surface area contributed by atoms with Crippen molar-refractivity contribution in [1.29, 1.82) is 0 Å². The van der Waals surface area contributed by atoms with Crippen LogP contribution in [0.4, 0.5) is 0 Å². The van der Waals surface area contributed by atoms with E-state index < -0.39 is 0 Å². The van der Waals surface area contributed by atoms with Gasteiger partial charge >= 0.3 is 0 Å². The van der Waals surface area contributed by atoms with Gasteiger partial charge in [-0.1, -0.05) is 0 Å². The Kier molecular flexibility index (Phi) is 0.941. The van der Waals surface area contributed by atoms with Gasteiger partial charge in [0.05, 0.1) is 0 Å². The van der Waals surface area contributed by atoms with Gasteiger partial charge in [0.15, 0.2) is 0 Å². The van der Waals surface area contributed by atoms with E-state index >= 15 is 0 Å². The van der Waals surface area contributed by atoms with Gasteiger partial charge in [-0.05, 0) is 12.2 Å². The molecule has 1 aromatic rings. The normalized spacial score (nSPS) is 9.29. The maximum atomic E-state index is 4.63. The predicted octanol–water partition coefficient (Wildman–Crippen LogP) is 0.743. The topological polar surface area (TPSA) is 31.0 Å². The molecule has 0 aromatic carbocycles. The minimum absolute atomic E-state index is 0.403. The smallest absolute Gasteiger partial charge is 0.286 e. The SMILES string of the molecule is Cn1ncoc1=S. The van der Waals surface area contributed by atoms with Gasteiger partial charge in [-0.25, -0.2) is 4.68 Å². The van der Waals surface area contributed by atoms with Crippen molar-refractivity contribution in [2.24, 2.45) is 7.05 Å². The molecule has 1 rings (SSSR count). The van der Waals surface area contributed by atoms with Crippen LogP contribution in [0.15, 0.2) is 10.8 Å². The fraction of sp³-hybridized carbons (Fsp3) is 0.333. The summed E-state index contributed by atoms with van der Waals surface area (Å²) in [7, 11) is 1.73. The third kappa shape index (κ3) is 0.691. The Morgan fingerprint density at radius 3 is 2.86 bits per heavy atom. The molecule has 0 spiro atoms. The monoisotopic (exact) mass is 116 g/mol. The van der Waals surface area contributed by atoms with E-state index in [0.29, 0.717) is 4.84 Å². The molecule has 0 N–H and O–H groups in total. The molecule has 0 aliphatic rings. The van der Waals surface area contributed by atoms with E-state index in [-0.39, 0.29) is 0 Å². The van der Waals surface area contributed by atoms with E-state index in [2.05, 4.69) is 21.7 Å². The van der Waals surface area contributed by atoms with Gasteiger partial charge in [-0.3, -0.25) is 0 Å². The molecule has 0 bridgehead atoms. The molecule has 1 heterocycles. The lowest BCUT2D eigenvalue weighted by molar-refractivity contribution is 0.523. The zero-order valence-corrected chi connectivity index (χ0v) is 4.60. The summed E-state index contributed by atoms with van der Waals surface area (Å²) in [4.78, 5) is 0.403. The predicted molar refractivity (Wildman–Crippen MR) is 26.3 cm³/mol. The maximum absolute atomic E-state index is 4.63. The van der Waals surface area contributed by atoms with Crippen LogP contribution in [-0.2, 0) is 7.05 Å². The Labute approximate surface area is 45.6 Å². The Hall–Kier alpha value is -0.640. The van der Waals surface area contributed by atoms with Crippen LogP contribution < -0.4 is 0 Å². The van der Waals surface area contributed by atoms with E-state index in [1.807, 2.05) is 0 Å². The van der Waals surface area contributed by atoms with Gasteiger partial charge in [0.1, 0.15) is 0 Å². The largest absolute Gasteiger partial charge is 0.417 e. The highest BCUT2D eigenvalue weighted by Gasteiger charge is 1.81. The van der Waals surface area contributed by atoms with Gasteiger partial charge in [-0.2, -0.15) is 0 Å². The van der Waals surface area contributed by atoms with Crippen LogP contribution in [0.2, 0.25) is 0 Å². The second kappa shape index (κ2) is 1.46. The first-order valence-electron chi connectivity index (χ1n) is 1.77. The lowest BCUT2D eigenvalue weighted by Crippen LogP contribution is -1.86. The Morgan fingerprint density at radius 1 is 2.00 bits per heavy atom. The molecule has 0 radical (unpaired) electrons. The first kappa shape index (κ1) is 4.52. The molecular weight excluding hydrogens is 112 g/mol. The second-order valence-corrected chi connectivity index (χ2v) is 1.48. The fourth-order valence-corrected chi connectivity index (χ4v) is 0.353. The quantitative estimate of drug-likeness (QED) is 0.468. The number of aromatic nitrogens is 2. The van der Waals surface area contributed by atoms with Gasteiger partial charge in [-0.15, -0.1) is 5.10 Å². The lowest BCUT2D eigenvalue weighted by Gasteiger charge is -1.75. The Bertz CT molecular complexity index is 201. The van der Waals surface area contributed by atoms with E-state index in [4.69, 9.17) is 0 Å². The molecule has 1 aromatic heterocycles. The van der Waals surface area contributed by atoms with Crippen LogP contribution in [0.5, 0.6) is 0 Å². The first-order chi connectivity index (χ1) is 3.30. The van der Waals surface area contributed by atoms with Crippen molar-refractivity contribution in [3.8, 4) is 0 Å². The van der Waals surface area contributed by atoms with Crippen LogP contribution in [0.25, 0.3) is 0 Å². The van der Waals surface area contributed by atoms with Crippen molar-refractivity contribution in [3.63, 3.8) is 0 Å². The molecule has 0 saturated carbocycles. The van der Waals surface area contributed by atoms with Crippen molar-refractivity contribution in [1.82, 2.24) is 9.78 Å². The molecule has 38 valence electrons. The molecule has 7 heavy (non-hydrogen) atoms. The fourth-order valence-electron chi connectivity index (χ4n) is 0.263. The minimum atomic E-state index is 0.403. The number of rotatable bonds is 0. The summed E-state index contributed by atoms with van der Waals surface area (Å²) < 4.78 is 6.11. The van der Waals surface area contributed by atoms with Crippen LogP contribution in [0.3, 0.4) is 0 Å². The van der Waals surface area contributed by atoms with Crippen LogP contribution >= 0.6 is 12.2 Å². The molecule has 0 unspecified atom stereocenters. The number of aryl methyl sites for hydroxylation is 1. The number of nitrogens with zero attached hydrogens (tertiary/aromatic N) is 2. The summed E-state index contributed by atoms with van der Waals surface area (Å²) in [5, 5.41) is 3.66. The van der Waals surface area contributed by atoms with Gasteiger partial charge in [0.25, 0.3) is 4.84 Å². The van der Waals surface area contributed by atoms with Crippen LogP contribution in [-0.4, -0.2) is 9.78 Å². The molecule has 0 atom stereocenters. The number of hydrogen-bond acceptors (Lipinski definition) is 3. The molecule has 0 saturated heterocycles. The molecule has 3 nitrogen and oxygen atoms in total. The highest BCUT2D eigenvalue weighted by Crippen LogP contribution is 1.82. The summed E-state index contributed by atoms with van der Waals surface area (Å²) in [6.07, 6.45) is 1.31. The molecular formula is C3H4N2OS. The third-order valence-corrected chi connectivity index (χ3v) is 0.999. The summed E-state index contributed by atoms with van der Waals surface area (Å²) >= 11 is 4.62. The van der Waals surface area contributed by atoms with Crippen molar-refractivity contribution in [3.05, 3.63) is 11.2 Å². The minimum Gasteiger partial charge on any atom is -0.417 e. The molecule has 0 aliphatic carbocycles. The first-order valence-corrected chi connectivity index (χ1v) is 2.18. The van der Waals surface area contributed by atoms with Crippen molar-refractivity contribution in [2.45, 2.75) is 0 Å². The average Bonchev–Trinajstić information content (AvgIpc) is 1.91. The summed E-state index contributed by atoms with van der Waals surface area (Å²) in [6, 6.07) is 0. The molecule has 0 aliphatic heterocycles. The van der Waals surface area contributed by atoms with Gasteiger partial charge in [0.2, 0.25) is 6.39 Å². The molecule has 0 fully saturated rings. The zero-order valence-electron chi connectivity index (χ0n) is 3.79. The molecule has 4 heteroatoms. The van der Waals surface area contributed by atoms with Crippen LogP contribution in [0, 0.1) is 4.84 Å². The van der Waals surface area contributed by atoms with Crippen molar-refractivity contribution >= 4 is 12.2 Å². The number of hydrogen-bond donors (Lipinski definition) is 0. The molecule has 0 amide bonds. The van der Waals surface area contributed by atoms with E-state index in [9.17, 15) is 0 Å². The van der Waals surface area contributed by atoms with Crippen molar-refractivity contribution < 1.29 is 4.42 Å². The van der Waals surface area contributed by atoms with Gasteiger partial charge in [0, 0.05) is 7.05 Å². The lowest BCUT2D eigenvalue weighted by atomic mass is 11.3. The van der Waals surface area contributed by atoms with E-state index in [1.165, 1.54) is 11.1 Å². The average molecular weight is 116 g/mol. The summed E-state index contributed by atoms with van der Waals surface area (Å²) in [5.74, 6) is 0.